The van der Waals surface area contributed by atoms with E-state index in [9.17, 15) is 0 Å². The molecule has 1 heterocycles. The SMILES string of the molecule is CCCC[C@H]1CNNNC1=S. The van der Waals surface area contributed by atoms with E-state index >= 15 is 0 Å². The van der Waals surface area contributed by atoms with Gasteiger partial charge in [0.05, 0.1) is 4.99 Å². The first-order valence-electron chi connectivity index (χ1n) is 4.12. The molecule has 1 saturated heterocycles. The van der Waals surface area contributed by atoms with Gasteiger partial charge in [0.25, 0.3) is 0 Å². The van der Waals surface area contributed by atoms with E-state index in [1.807, 2.05) is 0 Å². The van der Waals surface area contributed by atoms with Gasteiger partial charge >= 0.3 is 0 Å². The van der Waals surface area contributed by atoms with Crippen molar-refractivity contribution in [3.63, 3.8) is 0 Å². The van der Waals surface area contributed by atoms with E-state index in [2.05, 4.69) is 23.3 Å². The number of thiocarbonyl (C=S) groups is 1. The molecule has 4 heteroatoms. The monoisotopic (exact) mass is 173 g/mol. The van der Waals surface area contributed by atoms with Crippen molar-refractivity contribution in [2.24, 2.45) is 5.92 Å². The minimum atomic E-state index is 0.520. The van der Waals surface area contributed by atoms with Gasteiger partial charge in [-0.1, -0.05) is 32.0 Å². The Labute approximate surface area is 72.9 Å². The molecule has 0 aliphatic carbocycles. The van der Waals surface area contributed by atoms with E-state index in [0.29, 0.717) is 5.92 Å². The Morgan fingerprint density at radius 2 is 2.45 bits per heavy atom. The van der Waals surface area contributed by atoms with E-state index in [-0.39, 0.29) is 0 Å². The molecule has 3 nitrogen and oxygen atoms in total. The van der Waals surface area contributed by atoms with Crippen molar-refractivity contribution in [2.45, 2.75) is 26.2 Å². The molecule has 0 aromatic carbocycles. The zero-order valence-electron chi connectivity index (χ0n) is 6.81. The second-order valence-corrected chi connectivity index (χ2v) is 3.27. The zero-order chi connectivity index (χ0) is 8.10. The van der Waals surface area contributed by atoms with Gasteiger partial charge < -0.3 is 5.43 Å². The van der Waals surface area contributed by atoms with Gasteiger partial charge in [0.1, 0.15) is 0 Å². The maximum atomic E-state index is 5.13. The van der Waals surface area contributed by atoms with Crippen molar-refractivity contribution in [2.75, 3.05) is 6.54 Å². The highest BCUT2D eigenvalue weighted by Gasteiger charge is 2.16. The molecule has 0 aromatic heterocycles. The van der Waals surface area contributed by atoms with Crippen molar-refractivity contribution in [1.29, 1.82) is 0 Å². The summed E-state index contributed by atoms with van der Waals surface area (Å²) in [5.41, 5.74) is 8.74. The molecular formula is C7H15N3S. The average molecular weight is 173 g/mol. The van der Waals surface area contributed by atoms with Crippen LogP contribution in [-0.2, 0) is 0 Å². The summed E-state index contributed by atoms with van der Waals surface area (Å²) >= 11 is 5.13. The number of nitrogens with one attached hydrogen (secondary N) is 3. The maximum Gasteiger partial charge on any atom is 0.0950 e. The van der Waals surface area contributed by atoms with E-state index in [4.69, 9.17) is 12.2 Å². The molecule has 1 fully saturated rings. The minimum Gasteiger partial charge on any atom is -0.302 e. The lowest BCUT2D eigenvalue weighted by Crippen LogP contribution is -2.56. The molecule has 1 atom stereocenters. The van der Waals surface area contributed by atoms with Gasteiger partial charge in [-0.15, -0.1) is 0 Å². The summed E-state index contributed by atoms with van der Waals surface area (Å²) in [4.78, 5) is 0.942. The highest BCUT2D eigenvalue weighted by atomic mass is 32.1. The lowest BCUT2D eigenvalue weighted by Gasteiger charge is -2.25. The Morgan fingerprint density at radius 1 is 1.64 bits per heavy atom. The van der Waals surface area contributed by atoms with Gasteiger partial charge in [0.15, 0.2) is 0 Å². The first-order valence-corrected chi connectivity index (χ1v) is 4.53. The molecule has 0 aromatic rings. The quantitative estimate of drug-likeness (QED) is 0.550. The van der Waals surface area contributed by atoms with Gasteiger partial charge in [-0.3, -0.25) is 0 Å². The number of hydrogen-bond acceptors (Lipinski definition) is 3. The summed E-state index contributed by atoms with van der Waals surface area (Å²) in [5.74, 6) is 0.520. The molecule has 0 radical (unpaired) electrons. The fraction of sp³-hybridized carbons (Fsp3) is 0.857. The van der Waals surface area contributed by atoms with Gasteiger partial charge in [0, 0.05) is 12.5 Å². The smallest absolute Gasteiger partial charge is 0.0950 e. The van der Waals surface area contributed by atoms with Gasteiger partial charge in [-0.25, -0.2) is 5.43 Å². The zero-order valence-corrected chi connectivity index (χ0v) is 7.63. The molecular weight excluding hydrogens is 158 g/mol. The van der Waals surface area contributed by atoms with Crippen LogP contribution in [0.1, 0.15) is 26.2 Å². The van der Waals surface area contributed by atoms with Crippen LogP contribution in [0.15, 0.2) is 0 Å². The first kappa shape index (κ1) is 8.90. The van der Waals surface area contributed by atoms with Crippen LogP contribution >= 0.6 is 12.2 Å². The number of rotatable bonds is 3. The predicted molar refractivity (Wildman–Crippen MR) is 49.9 cm³/mol. The predicted octanol–water partition coefficient (Wildman–Crippen LogP) is 0.733. The molecule has 0 spiro atoms. The highest BCUT2D eigenvalue weighted by Crippen LogP contribution is 2.09. The summed E-state index contributed by atoms with van der Waals surface area (Å²) in [7, 11) is 0. The van der Waals surface area contributed by atoms with E-state index in [0.717, 1.165) is 11.5 Å². The lowest BCUT2D eigenvalue weighted by atomic mass is 10.0. The maximum absolute atomic E-state index is 5.13. The molecule has 64 valence electrons. The van der Waals surface area contributed by atoms with Crippen LogP contribution < -0.4 is 16.4 Å². The van der Waals surface area contributed by atoms with Crippen LogP contribution in [0.5, 0.6) is 0 Å². The fourth-order valence-electron chi connectivity index (χ4n) is 1.16. The molecule has 11 heavy (non-hydrogen) atoms. The summed E-state index contributed by atoms with van der Waals surface area (Å²) in [6.45, 7) is 3.15. The van der Waals surface area contributed by atoms with Crippen molar-refractivity contribution >= 4 is 17.2 Å². The molecule has 0 amide bonds. The summed E-state index contributed by atoms with van der Waals surface area (Å²) in [6.07, 6.45) is 3.69. The van der Waals surface area contributed by atoms with Crippen molar-refractivity contribution in [3.8, 4) is 0 Å². The molecule has 0 bridgehead atoms. The van der Waals surface area contributed by atoms with E-state index in [1.165, 1.54) is 19.3 Å². The molecule has 1 aliphatic rings. The Kier molecular flexibility index (Phi) is 3.76. The number of unbranched alkanes of at least 4 members (excludes halogenated alkanes) is 1. The second-order valence-electron chi connectivity index (χ2n) is 2.83. The first-order chi connectivity index (χ1) is 5.34. The number of hydrogen-bond donors (Lipinski definition) is 3. The molecule has 1 aliphatic heterocycles. The Morgan fingerprint density at radius 3 is 3.09 bits per heavy atom. The fourth-order valence-corrected chi connectivity index (χ4v) is 1.41. The normalized spacial score (nSPS) is 24.8. The second kappa shape index (κ2) is 4.64. The van der Waals surface area contributed by atoms with E-state index < -0.39 is 0 Å². The van der Waals surface area contributed by atoms with Crippen LogP contribution in [0.25, 0.3) is 0 Å². The van der Waals surface area contributed by atoms with Crippen LogP contribution in [0.4, 0.5) is 0 Å². The van der Waals surface area contributed by atoms with Crippen molar-refractivity contribution in [3.05, 3.63) is 0 Å². The van der Waals surface area contributed by atoms with Crippen LogP contribution in [-0.4, -0.2) is 11.5 Å². The minimum absolute atomic E-state index is 0.520. The van der Waals surface area contributed by atoms with E-state index in [1.54, 1.807) is 0 Å². The van der Waals surface area contributed by atoms with Crippen molar-refractivity contribution < 1.29 is 0 Å². The third-order valence-electron chi connectivity index (χ3n) is 1.90. The van der Waals surface area contributed by atoms with Crippen LogP contribution in [0.3, 0.4) is 0 Å². The highest BCUT2D eigenvalue weighted by molar-refractivity contribution is 7.80. The van der Waals surface area contributed by atoms with Gasteiger partial charge in [0.2, 0.25) is 0 Å². The van der Waals surface area contributed by atoms with Gasteiger partial charge in [-0.2, -0.15) is 5.53 Å². The molecule has 0 saturated carbocycles. The third-order valence-corrected chi connectivity index (χ3v) is 2.33. The van der Waals surface area contributed by atoms with Crippen LogP contribution in [0.2, 0.25) is 0 Å². The standard InChI is InChI=1S/C7H15N3S/c1-2-3-4-6-5-8-10-9-7(6)11/h6,8,10H,2-5H2,1H3,(H,9,11)/t6-/m0/s1. The van der Waals surface area contributed by atoms with Crippen LogP contribution in [0, 0.1) is 5.92 Å². The Hall–Kier alpha value is -0.190. The Balaban J connectivity index is 2.24. The molecule has 3 N–H and O–H groups in total. The summed E-state index contributed by atoms with van der Waals surface area (Å²) in [5, 5.41) is 0. The third kappa shape index (κ3) is 2.73. The molecule has 1 rings (SSSR count). The molecule has 0 unspecified atom stereocenters. The van der Waals surface area contributed by atoms with Crippen molar-refractivity contribution in [1.82, 2.24) is 16.4 Å². The topological polar surface area (TPSA) is 36.1 Å². The Bertz CT molecular complexity index is 138. The number of hydrazine groups is 2. The largest absolute Gasteiger partial charge is 0.302 e. The average Bonchev–Trinajstić information content (AvgIpc) is 2.03. The summed E-state index contributed by atoms with van der Waals surface area (Å²) < 4.78 is 0. The van der Waals surface area contributed by atoms with Gasteiger partial charge in [-0.05, 0) is 6.42 Å². The summed E-state index contributed by atoms with van der Waals surface area (Å²) in [6, 6.07) is 0. The lowest BCUT2D eigenvalue weighted by molar-refractivity contribution is 0.398.